The maximum absolute atomic E-state index is 13.9. The van der Waals surface area contributed by atoms with Gasteiger partial charge in [-0.15, -0.1) is 0 Å². The lowest BCUT2D eigenvalue weighted by Crippen LogP contribution is -2.43. The number of carbonyl (C=O) groups excluding carboxylic acids is 4. The molecule has 0 saturated carbocycles. The number of esters is 2. The maximum Gasteiger partial charge on any atom is 0.368 e. The monoisotopic (exact) mass is 608 g/mol. The minimum atomic E-state index is -2.03. The van der Waals surface area contributed by atoms with Crippen molar-refractivity contribution in [3.8, 4) is 11.5 Å². The highest BCUT2D eigenvalue weighted by Gasteiger charge is 2.48. The molecular weight excluding hydrogens is 576 g/mol. The van der Waals surface area contributed by atoms with Gasteiger partial charge in [-0.25, -0.2) is 14.4 Å². The lowest BCUT2D eigenvalue weighted by molar-refractivity contribution is -0.318. The molecule has 0 fully saturated rings. The summed E-state index contributed by atoms with van der Waals surface area (Å²) in [6.07, 6.45) is 0. The summed E-state index contributed by atoms with van der Waals surface area (Å²) in [6.45, 7) is 9.94. The van der Waals surface area contributed by atoms with Gasteiger partial charge in [0.2, 0.25) is 0 Å². The van der Waals surface area contributed by atoms with Crippen molar-refractivity contribution in [2.24, 2.45) is 0 Å². The summed E-state index contributed by atoms with van der Waals surface area (Å²) in [5, 5.41) is 10.6. The van der Waals surface area contributed by atoms with E-state index in [4.69, 9.17) is 14.5 Å². The molecule has 0 aromatic heterocycles. The number of aromatic hydroxyl groups is 1. The summed E-state index contributed by atoms with van der Waals surface area (Å²) < 4.78 is 9.93. The molecule has 0 aliphatic rings. The van der Waals surface area contributed by atoms with Crippen LogP contribution in [0.1, 0.15) is 40.9 Å². The topological polar surface area (TPSA) is 125 Å². The zero-order chi connectivity index (χ0) is 33.0. The van der Waals surface area contributed by atoms with Crippen molar-refractivity contribution in [1.29, 1.82) is 0 Å². The highest BCUT2D eigenvalue weighted by Crippen LogP contribution is 2.37. The highest BCUT2D eigenvalue weighted by atomic mass is 17.2. The Morgan fingerprint density at radius 2 is 1.18 bits per heavy atom. The summed E-state index contributed by atoms with van der Waals surface area (Å²) in [5.74, 6) is -2.98. The van der Waals surface area contributed by atoms with E-state index in [1.165, 1.54) is 26.2 Å². The van der Waals surface area contributed by atoms with E-state index >= 15 is 0 Å². The molecule has 0 bridgehead atoms. The van der Waals surface area contributed by atoms with Gasteiger partial charge in [0.15, 0.2) is 5.78 Å². The molecular formula is C36H32O9. The van der Waals surface area contributed by atoms with Crippen LogP contribution in [0.3, 0.4) is 0 Å². The van der Waals surface area contributed by atoms with Gasteiger partial charge < -0.3 is 14.6 Å². The first-order valence-corrected chi connectivity index (χ1v) is 13.6. The van der Waals surface area contributed by atoms with Crippen molar-refractivity contribution in [2.45, 2.75) is 19.4 Å². The number of ether oxygens (including phenoxy) is 2. The van der Waals surface area contributed by atoms with E-state index in [2.05, 4.69) is 17.9 Å². The Morgan fingerprint density at radius 1 is 0.689 bits per heavy atom. The molecule has 0 saturated heterocycles. The molecule has 0 unspecified atom stereocenters. The molecule has 9 nitrogen and oxygen atoms in total. The van der Waals surface area contributed by atoms with E-state index in [-0.39, 0.29) is 34.4 Å². The van der Waals surface area contributed by atoms with Crippen LogP contribution >= 0.6 is 0 Å². The van der Waals surface area contributed by atoms with Crippen molar-refractivity contribution in [2.75, 3.05) is 7.11 Å². The minimum Gasteiger partial charge on any atom is -0.507 e. The molecule has 0 spiro atoms. The highest BCUT2D eigenvalue weighted by molar-refractivity contribution is 6.10. The number of methoxy groups -OCH3 is 1. The van der Waals surface area contributed by atoms with Gasteiger partial charge >= 0.3 is 17.9 Å². The predicted octanol–water partition coefficient (Wildman–Crippen LogP) is 6.26. The normalized spacial score (nSPS) is 10.4. The summed E-state index contributed by atoms with van der Waals surface area (Å²) in [5.41, 5.74) is -0.439. The van der Waals surface area contributed by atoms with Crippen molar-refractivity contribution in [1.82, 2.24) is 0 Å². The molecule has 1 N–H and O–H groups in total. The van der Waals surface area contributed by atoms with Crippen LogP contribution in [0, 0.1) is 0 Å². The second kappa shape index (κ2) is 15.6. The van der Waals surface area contributed by atoms with E-state index in [9.17, 15) is 24.3 Å². The fraction of sp³-hybridized carbons (Fsp3) is 0.111. The van der Waals surface area contributed by atoms with Crippen molar-refractivity contribution in [3.05, 3.63) is 156 Å². The van der Waals surface area contributed by atoms with E-state index < -0.39 is 17.5 Å². The number of carbonyl (C=O) groups is 4. The van der Waals surface area contributed by atoms with Gasteiger partial charge in [0.25, 0.3) is 5.60 Å². The molecule has 0 amide bonds. The van der Waals surface area contributed by atoms with Crippen LogP contribution in [0.5, 0.6) is 11.5 Å². The molecule has 4 aromatic carbocycles. The van der Waals surface area contributed by atoms with Gasteiger partial charge in [-0.05, 0) is 26.0 Å². The van der Waals surface area contributed by atoms with Gasteiger partial charge in [-0.2, -0.15) is 4.89 Å². The van der Waals surface area contributed by atoms with E-state index in [0.717, 1.165) is 6.07 Å². The Hall–Kier alpha value is -5.80. The molecule has 9 heteroatoms. The van der Waals surface area contributed by atoms with Crippen molar-refractivity contribution < 1.29 is 43.5 Å². The lowest BCUT2D eigenvalue weighted by Gasteiger charge is -2.30. The SMILES string of the molecule is C=C(C)C(=O)OC.C=C(C)C(=O)OOC(C(=O)Oc1ccc(C(=O)c2ccccc2)c(O)c1)(c1ccccc1)c1ccccc1. The van der Waals surface area contributed by atoms with E-state index in [1.807, 2.05) is 0 Å². The number of hydrogen-bond donors (Lipinski definition) is 1. The van der Waals surface area contributed by atoms with Crippen LogP contribution in [-0.2, 0) is 34.5 Å². The number of rotatable bonds is 10. The summed E-state index contributed by atoms with van der Waals surface area (Å²) in [7, 11) is 1.33. The molecule has 0 radical (unpaired) electrons. The summed E-state index contributed by atoms with van der Waals surface area (Å²) in [4.78, 5) is 59.7. The molecule has 45 heavy (non-hydrogen) atoms. The van der Waals surface area contributed by atoms with Gasteiger partial charge in [0, 0.05) is 33.9 Å². The molecule has 0 atom stereocenters. The Labute approximate surface area is 260 Å². The first kappa shape index (κ1) is 33.7. The Morgan fingerprint density at radius 3 is 1.60 bits per heavy atom. The van der Waals surface area contributed by atoms with Crippen LogP contribution < -0.4 is 4.74 Å². The number of benzene rings is 4. The number of phenolic OH excluding ortho intramolecular Hbond substituents is 1. The van der Waals surface area contributed by atoms with Crippen molar-refractivity contribution in [3.63, 3.8) is 0 Å². The number of ketones is 1. The first-order chi connectivity index (χ1) is 21.5. The quantitative estimate of drug-likeness (QED) is 0.0555. The smallest absolute Gasteiger partial charge is 0.368 e. The van der Waals surface area contributed by atoms with Crippen LogP contribution in [0.15, 0.2) is 133 Å². The van der Waals surface area contributed by atoms with Crippen LogP contribution in [0.2, 0.25) is 0 Å². The Balaban J connectivity index is 0.000000707. The molecule has 0 aliphatic carbocycles. The van der Waals surface area contributed by atoms with Crippen LogP contribution in [0.25, 0.3) is 0 Å². The average Bonchev–Trinajstić information content (AvgIpc) is 3.06. The van der Waals surface area contributed by atoms with Crippen LogP contribution in [-0.4, -0.2) is 35.9 Å². The molecule has 0 aliphatic heterocycles. The molecule has 4 aromatic rings. The summed E-state index contributed by atoms with van der Waals surface area (Å²) >= 11 is 0. The second-order valence-electron chi connectivity index (χ2n) is 9.68. The van der Waals surface area contributed by atoms with E-state index in [1.54, 1.807) is 97.9 Å². The fourth-order valence-electron chi connectivity index (χ4n) is 3.91. The van der Waals surface area contributed by atoms with Gasteiger partial charge in [-0.1, -0.05) is 104 Å². The zero-order valence-electron chi connectivity index (χ0n) is 25.0. The fourth-order valence-corrected chi connectivity index (χ4v) is 3.91. The average molecular weight is 609 g/mol. The largest absolute Gasteiger partial charge is 0.507 e. The summed E-state index contributed by atoms with van der Waals surface area (Å²) in [6, 6.07) is 29.2. The van der Waals surface area contributed by atoms with Crippen LogP contribution in [0.4, 0.5) is 0 Å². The third-order valence-corrected chi connectivity index (χ3v) is 6.23. The first-order valence-electron chi connectivity index (χ1n) is 13.6. The Bertz CT molecular complexity index is 1640. The lowest BCUT2D eigenvalue weighted by atomic mass is 9.86. The third-order valence-electron chi connectivity index (χ3n) is 6.23. The maximum atomic E-state index is 13.9. The number of hydrogen-bond acceptors (Lipinski definition) is 9. The second-order valence-corrected chi connectivity index (χ2v) is 9.68. The molecule has 4 rings (SSSR count). The van der Waals surface area contributed by atoms with Gasteiger partial charge in [0.05, 0.1) is 12.7 Å². The van der Waals surface area contributed by atoms with Crippen molar-refractivity contribution >= 4 is 23.7 Å². The van der Waals surface area contributed by atoms with Gasteiger partial charge in [0.1, 0.15) is 11.5 Å². The standard InChI is InChI=1S/C31H24O7.C5H8O2/c1-21(2)29(34)37-38-31(23-14-8-4-9-15-23,24-16-10-5-11-17-24)30(35)36-25-18-19-26(27(32)20-25)28(33)22-12-6-3-7-13-22;1-4(2)5(6)7-3/h3-20,32H,1H2,2H3;1H2,2-3H3. The van der Waals surface area contributed by atoms with E-state index in [0.29, 0.717) is 22.3 Å². The predicted molar refractivity (Wildman–Crippen MR) is 166 cm³/mol. The van der Waals surface area contributed by atoms with Gasteiger partial charge in [-0.3, -0.25) is 9.68 Å². The number of phenols is 1. The Kier molecular flexibility index (Phi) is 11.7. The third kappa shape index (κ3) is 8.40. The molecule has 0 heterocycles. The minimum absolute atomic E-state index is 0.0417. The molecule has 230 valence electrons. The zero-order valence-corrected chi connectivity index (χ0v) is 25.0.